The highest BCUT2D eigenvalue weighted by Gasteiger charge is 2.11. The van der Waals surface area contributed by atoms with Crippen LogP contribution in [0.4, 0.5) is 0 Å². The maximum absolute atomic E-state index is 11.3. The summed E-state index contributed by atoms with van der Waals surface area (Å²) in [5.41, 5.74) is 5.07. The highest BCUT2D eigenvalue weighted by molar-refractivity contribution is 5.85. The minimum absolute atomic E-state index is 0.231. The van der Waals surface area contributed by atoms with Crippen LogP contribution in [0, 0.1) is 12.3 Å². The van der Waals surface area contributed by atoms with Gasteiger partial charge in [0.05, 0.1) is 6.42 Å². The molecule has 0 fully saturated rings. The Balaban J connectivity index is 2.11. The van der Waals surface area contributed by atoms with Crippen molar-refractivity contribution in [1.29, 1.82) is 0 Å². The zero-order valence-electron chi connectivity index (χ0n) is 9.51. The monoisotopic (exact) mass is 239 g/mol. The van der Waals surface area contributed by atoms with Crippen LogP contribution in [0.15, 0.2) is 0 Å². The number of aromatic amines is 1. The highest BCUT2D eigenvalue weighted by atomic mass is 16.2. The zero-order chi connectivity index (χ0) is 12.7. The van der Waals surface area contributed by atoms with E-state index in [0.717, 1.165) is 0 Å². The molecule has 0 aromatic carbocycles. The van der Waals surface area contributed by atoms with Crippen molar-refractivity contribution in [2.45, 2.75) is 19.8 Å². The topological polar surface area (TPSA) is 127 Å². The fraction of sp³-hybridized carbons (Fsp3) is 0.556. The lowest BCUT2D eigenvalue weighted by Crippen LogP contribution is -2.28. The van der Waals surface area contributed by atoms with Crippen LogP contribution in [0.3, 0.4) is 0 Å². The van der Waals surface area contributed by atoms with Crippen LogP contribution in [-0.4, -0.2) is 39.0 Å². The number of rotatable bonds is 7. The molecule has 0 aliphatic heterocycles. The van der Waals surface area contributed by atoms with Crippen molar-refractivity contribution in [3.63, 3.8) is 0 Å². The number of nitrogens with one attached hydrogen (secondary N) is 2. The number of amides is 2. The molecule has 17 heavy (non-hydrogen) atoms. The maximum Gasteiger partial charge on any atom is 0.223 e. The fourth-order valence-electron chi connectivity index (χ4n) is 1.06. The Hall–Kier alpha value is -1.99. The molecular weight excluding hydrogens is 224 g/mol. The lowest BCUT2D eigenvalue weighted by atomic mass is 10.1. The summed E-state index contributed by atoms with van der Waals surface area (Å²) < 4.78 is 0. The number of primary amides is 1. The molecule has 93 valence electrons. The molecule has 0 spiro atoms. The average molecular weight is 239 g/mol. The predicted molar refractivity (Wildman–Crippen MR) is 58.2 cm³/mol. The first-order chi connectivity index (χ1) is 8.09. The van der Waals surface area contributed by atoms with Gasteiger partial charge in [0.2, 0.25) is 11.8 Å². The molecule has 0 unspecified atom stereocenters. The van der Waals surface area contributed by atoms with Crippen LogP contribution in [0.2, 0.25) is 0 Å². The molecule has 1 aromatic heterocycles. The lowest BCUT2D eigenvalue weighted by molar-refractivity contribution is -0.121. The summed E-state index contributed by atoms with van der Waals surface area (Å²) >= 11 is 0. The number of nitrogens with zero attached hydrogens (tertiary/aromatic N) is 3. The smallest absolute Gasteiger partial charge is 0.223 e. The van der Waals surface area contributed by atoms with E-state index in [0.29, 0.717) is 25.2 Å². The molecular formula is C9H15N6O2. The lowest BCUT2D eigenvalue weighted by Gasteiger charge is -2.06. The SMILES string of the molecule is C[C@@H](C[CH]C(=O)NCCc1nnn[nH]1)C(N)=O. The molecule has 0 saturated heterocycles. The number of hydrogen-bond donors (Lipinski definition) is 3. The van der Waals surface area contributed by atoms with Crippen molar-refractivity contribution in [2.75, 3.05) is 6.54 Å². The molecule has 0 aliphatic carbocycles. The van der Waals surface area contributed by atoms with E-state index >= 15 is 0 Å². The van der Waals surface area contributed by atoms with Crippen molar-refractivity contribution in [3.8, 4) is 0 Å². The maximum atomic E-state index is 11.3. The number of H-pyrrole nitrogens is 1. The molecule has 4 N–H and O–H groups in total. The predicted octanol–water partition coefficient (Wildman–Crippen LogP) is -1.43. The molecule has 8 heteroatoms. The second-order valence-electron chi connectivity index (χ2n) is 3.63. The van der Waals surface area contributed by atoms with Gasteiger partial charge in [-0.1, -0.05) is 6.92 Å². The van der Waals surface area contributed by atoms with E-state index in [4.69, 9.17) is 5.73 Å². The molecule has 1 aromatic rings. The Morgan fingerprint density at radius 1 is 1.59 bits per heavy atom. The van der Waals surface area contributed by atoms with Gasteiger partial charge in [-0.25, -0.2) is 5.10 Å². The molecule has 0 aliphatic rings. The summed E-state index contributed by atoms with van der Waals surface area (Å²) in [7, 11) is 0. The number of tetrazole rings is 1. The van der Waals surface area contributed by atoms with Gasteiger partial charge in [-0.05, 0) is 16.8 Å². The molecule has 1 radical (unpaired) electrons. The fourth-order valence-corrected chi connectivity index (χ4v) is 1.06. The van der Waals surface area contributed by atoms with Crippen LogP contribution in [0.25, 0.3) is 0 Å². The van der Waals surface area contributed by atoms with Gasteiger partial charge in [-0.2, -0.15) is 0 Å². The second-order valence-corrected chi connectivity index (χ2v) is 3.63. The van der Waals surface area contributed by atoms with Crippen molar-refractivity contribution >= 4 is 11.8 Å². The Bertz CT molecular complexity index is 364. The molecule has 8 nitrogen and oxygen atoms in total. The minimum Gasteiger partial charge on any atom is -0.369 e. The summed E-state index contributed by atoms with van der Waals surface area (Å²) in [5, 5.41) is 15.7. The molecule has 1 atom stereocenters. The minimum atomic E-state index is -0.415. The average Bonchev–Trinajstić information content (AvgIpc) is 2.78. The first kappa shape index (κ1) is 13.1. The summed E-state index contributed by atoms with van der Waals surface area (Å²) in [5.74, 6) is -0.373. The van der Waals surface area contributed by atoms with Crippen molar-refractivity contribution in [3.05, 3.63) is 12.2 Å². The number of aromatic nitrogens is 4. The summed E-state index contributed by atoms with van der Waals surface area (Å²) in [6.07, 6.45) is 2.27. The first-order valence-corrected chi connectivity index (χ1v) is 5.22. The van der Waals surface area contributed by atoms with Gasteiger partial charge in [0.1, 0.15) is 5.82 Å². The zero-order valence-corrected chi connectivity index (χ0v) is 9.51. The van der Waals surface area contributed by atoms with Crippen LogP contribution < -0.4 is 11.1 Å². The molecule has 0 saturated carbocycles. The largest absolute Gasteiger partial charge is 0.369 e. The third-order valence-corrected chi connectivity index (χ3v) is 2.19. The number of nitrogens with two attached hydrogens (primary N) is 1. The van der Waals surface area contributed by atoms with Crippen molar-refractivity contribution in [1.82, 2.24) is 25.9 Å². The second kappa shape index (κ2) is 6.56. The Kier molecular flexibility index (Phi) is 5.05. The summed E-state index contributed by atoms with van der Waals surface area (Å²) in [6.45, 7) is 2.10. The Labute approximate surface area is 98.3 Å². The van der Waals surface area contributed by atoms with E-state index in [1.807, 2.05) is 0 Å². The van der Waals surface area contributed by atoms with Crippen LogP contribution in [-0.2, 0) is 16.0 Å². The quantitative estimate of drug-likeness (QED) is 0.538. The van der Waals surface area contributed by atoms with Gasteiger partial charge in [0.25, 0.3) is 0 Å². The third kappa shape index (κ3) is 5.05. The van der Waals surface area contributed by atoms with Crippen molar-refractivity contribution in [2.24, 2.45) is 11.7 Å². The van der Waals surface area contributed by atoms with E-state index in [-0.39, 0.29) is 11.8 Å². The summed E-state index contributed by atoms with van der Waals surface area (Å²) in [6, 6.07) is 0. The van der Waals surface area contributed by atoms with Crippen LogP contribution in [0.1, 0.15) is 19.2 Å². The molecule has 0 bridgehead atoms. The normalized spacial score (nSPS) is 12.1. The van der Waals surface area contributed by atoms with Gasteiger partial charge in [0, 0.05) is 18.9 Å². The van der Waals surface area contributed by atoms with E-state index in [1.165, 1.54) is 6.42 Å². The van der Waals surface area contributed by atoms with Crippen molar-refractivity contribution < 1.29 is 9.59 Å². The van der Waals surface area contributed by atoms with Crippen LogP contribution in [0.5, 0.6) is 0 Å². The Morgan fingerprint density at radius 2 is 2.35 bits per heavy atom. The standard InChI is InChI=1S/C9H15N6O2/c1-6(9(10)17)2-3-8(16)11-5-4-7-12-14-15-13-7/h3,6H,2,4-5H2,1H3,(H2,10,17)(H,11,16)(H,12,13,14,15)/t6-/m0/s1. The number of hydrogen-bond acceptors (Lipinski definition) is 5. The number of carbonyl (C=O) groups is 2. The molecule has 1 rings (SSSR count). The van der Waals surface area contributed by atoms with E-state index in [1.54, 1.807) is 6.92 Å². The van der Waals surface area contributed by atoms with Gasteiger partial charge in [-0.3, -0.25) is 9.59 Å². The first-order valence-electron chi connectivity index (χ1n) is 5.22. The Morgan fingerprint density at radius 3 is 2.94 bits per heavy atom. The van der Waals surface area contributed by atoms with Gasteiger partial charge >= 0.3 is 0 Å². The van der Waals surface area contributed by atoms with Crippen LogP contribution >= 0.6 is 0 Å². The molecule has 1 heterocycles. The molecule has 2 amide bonds. The number of carbonyl (C=O) groups excluding carboxylic acids is 2. The third-order valence-electron chi connectivity index (χ3n) is 2.19. The highest BCUT2D eigenvalue weighted by Crippen LogP contribution is 2.02. The summed E-state index contributed by atoms with van der Waals surface area (Å²) in [4.78, 5) is 22.0. The van der Waals surface area contributed by atoms with Gasteiger partial charge in [0.15, 0.2) is 0 Å². The van der Waals surface area contributed by atoms with E-state index in [2.05, 4.69) is 25.9 Å². The van der Waals surface area contributed by atoms with E-state index < -0.39 is 5.91 Å². The van der Waals surface area contributed by atoms with Gasteiger partial charge in [-0.15, -0.1) is 5.10 Å². The van der Waals surface area contributed by atoms with Gasteiger partial charge < -0.3 is 11.1 Å². The van der Waals surface area contributed by atoms with E-state index in [9.17, 15) is 9.59 Å².